The molecule has 0 saturated carbocycles. The lowest BCUT2D eigenvalue weighted by molar-refractivity contribution is 0.462. The Morgan fingerprint density at radius 2 is 1.52 bits per heavy atom. The maximum absolute atomic E-state index is 11.8. The van der Waals surface area contributed by atoms with Crippen molar-refractivity contribution in [1.82, 2.24) is 0 Å². The van der Waals surface area contributed by atoms with Crippen molar-refractivity contribution in [3.05, 3.63) is 84.5 Å². The number of hydrogen-bond acceptors (Lipinski definition) is 6. The van der Waals surface area contributed by atoms with Gasteiger partial charge >= 0.3 is 10.1 Å². The minimum Gasteiger partial charge on any atom is -0.379 e. The van der Waals surface area contributed by atoms with E-state index in [2.05, 4.69) is 0 Å². The first-order chi connectivity index (χ1) is 13.5. The fraction of sp³-hybridized carbons (Fsp3) is 0.158. The van der Waals surface area contributed by atoms with E-state index in [0.717, 1.165) is 0 Å². The predicted octanol–water partition coefficient (Wildman–Crippen LogP) is 3.11. The number of hydrogen-bond donors (Lipinski definition) is 2. The Morgan fingerprint density at radius 3 is 2.00 bits per heavy atom. The quantitative estimate of drug-likeness (QED) is 0.410. The molecule has 3 rings (SSSR count). The highest BCUT2D eigenvalue weighted by Crippen LogP contribution is 2.32. The van der Waals surface area contributed by atoms with Crippen LogP contribution in [-0.4, -0.2) is 31.6 Å². The second kappa shape index (κ2) is 9.10. The van der Waals surface area contributed by atoms with Crippen LogP contribution in [0.1, 0.15) is 6.92 Å². The third kappa shape index (κ3) is 5.91. The molecule has 7 nitrogen and oxygen atoms in total. The molecule has 1 aliphatic carbocycles. The highest BCUT2D eigenvalue weighted by molar-refractivity contribution is 7.89. The van der Waals surface area contributed by atoms with E-state index in [-0.39, 0.29) is 4.90 Å². The zero-order valence-electron chi connectivity index (χ0n) is 15.3. The average molecular weight is 458 g/mol. The zero-order chi connectivity index (χ0) is 21.7. The van der Waals surface area contributed by atoms with E-state index < -0.39 is 30.5 Å². The van der Waals surface area contributed by atoms with Gasteiger partial charge in [0.1, 0.15) is 10.6 Å². The Morgan fingerprint density at radius 1 is 1.00 bits per heavy atom. The van der Waals surface area contributed by atoms with Crippen molar-refractivity contribution < 1.29 is 25.6 Å². The van der Waals surface area contributed by atoms with Crippen molar-refractivity contribution in [1.29, 1.82) is 0 Å². The molecule has 0 heterocycles. The Labute approximate surface area is 175 Å². The van der Waals surface area contributed by atoms with Gasteiger partial charge in [0.05, 0.1) is 6.04 Å². The summed E-state index contributed by atoms with van der Waals surface area (Å²) in [5.41, 5.74) is 6.11. The molecule has 2 unspecified atom stereocenters. The van der Waals surface area contributed by atoms with Gasteiger partial charge in [-0.15, -0.1) is 0 Å². The Balaban J connectivity index is 0.000000212. The lowest BCUT2D eigenvalue weighted by Crippen LogP contribution is -2.48. The second-order valence-electron chi connectivity index (χ2n) is 6.11. The van der Waals surface area contributed by atoms with Crippen LogP contribution in [0.25, 0.3) is 0 Å². The maximum atomic E-state index is 11.8. The average Bonchev–Trinajstić information content (AvgIpc) is 2.66. The summed E-state index contributed by atoms with van der Waals surface area (Å²) in [6.45, 7) is 1.67. The number of benzene rings is 2. The van der Waals surface area contributed by atoms with Gasteiger partial charge in [-0.25, -0.2) is 0 Å². The van der Waals surface area contributed by atoms with E-state index >= 15 is 0 Å². The van der Waals surface area contributed by atoms with E-state index in [1.165, 1.54) is 24.3 Å². The molecule has 1 aliphatic rings. The molecule has 0 aliphatic heterocycles. The largest absolute Gasteiger partial charge is 0.379 e. The van der Waals surface area contributed by atoms with Gasteiger partial charge in [-0.2, -0.15) is 16.8 Å². The van der Waals surface area contributed by atoms with Gasteiger partial charge in [0.2, 0.25) is 4.21 Å². The molecule has 0 spiro atoms. The Kier molecular flexibility index (Phi) is 7.25. The third-order valence-electron chi connectivity index (χ3n) is 3.82. The Bertz CT molecular complexity index is 1100. The van der Waals surface area contributed by atoms with Gasteiger partial charge < -0.3 is 9.92 Å². The minimum atomic E-state index is -4.39. The summed E-state index contributed by atoms with van der Waals surface area (Å²) in [6.07, 6.45) is 4.32. The first kappa shape index (κ1) is 23.1. The first-order valence-electron chi connectivity index (χ1n) is 8.29. The van der Waals surface area contributed by atoms with Crippen molar-refractivity contribution >= 4 is 31.8 Å². The molecule has 29 heavy (non-hydrogen) atoms. The molecular weight excluding hydrogens is 438 g/mol. The lowest BCUT2D eigenvalue weighted by atomic mass is 10.0. The van der Waals surface area contributed by atoms with Crippen LogP contribution < -0.4 is 9.92 Å². The van der Waals surface area contributed by atoms with Crippen LogP contribution >= 0.6 is 11.6 Å². The molecule has 2 atom stereocenters. The van der Waals surface area contributed by atoms with Gasteiger partial charge in [-0.1, -0.05) is 65.7 Å². The van der Waals surface area contributed by atoms with Crippen molar-refractivity contribution in [2.24, 2.45) is 5.73 Å². The molecule has 0 amide bonds. The molecule has 0 radical (unpaired) electrons. The van der Waals surface area contributed by atoms with E-state index in [4.69, 9.17) is 26.1 Å². The predicted molar refractivity (Wildman–Crippen MR) is 112 cm³/mol. The van der Waals surface area contributed by atoms with Crippen LogP contribution in [0.2, 0.25) is 0 Å². The van der Waals surface area contributed by atoms with Gasteiger partial charge in [0, 0.05) is 0 Å². The van der Waals surface area contributed by atoms with Gasteiger partial charge in [-0.3, -0.25) is 4.55 Å². The van der Waals surface area contributed by atoms with E-state index in [0.29, 0.717) is 11.3 Å². The van der Waals surface area contributed by atoms with Crippen molar-refractivity contribution in [3.8, 4) is 5.75 Å². The normalized spacial score (nSPS) is 21.5. The van der Waals surface area contributed by atoms with Crippen LogP contribution in [0.4, 0.5) is 0 Å². The van der Waals surface area contributed by atoms with Crippen LogP contribution in [0.3, 0.4) is 0 Å². The number of alkyl halides is 1. The molecule has 3 N–H and O–H groups in total. The molecule has 2 aromatic rings. The molecule has 0 fully saturated rings. The standard InChI is InChI=1S/C12H10O3S.C7H10ClNO3S/c13-16(14,12-9-5-2-6-10-12)15-11-7-3-1-4-8-11;1-5-2-3-6(9)7(8,4-5)13(10,11)12/h1-10H;2-4,6H,9H2,1H3,(H,10,11,12). The van der Waals surface area contributed by atoms with E-state index in [1.54, 1.807) is 61.5 Å². The highest BCUT2D eigenvalue weighted by Gasteiger charge is 2.45. The molecule has 2 aromatic carbocycles. The summed E-state index contributed by atoms with van der Waals surface area (Å²) in [5.74, 6) is 0.311. The van der Waals surface area contributed by atoms with Gasteiger partial charge in [-0.05, 0) is 37.3 Å². The summed E-state index contributed by atoms with van der Waals surface area (Å²) in [4.78, 5) is 0.152. The number of para-hydroxylation sites is 1. The minimum absolute atomic E-state index is 0.152. The fourth-order valence-corrected chi connectivity index (χ4v) is 4.28. The third-order valence-corrected chi connectivity index (χ3v) is 7.21. The number of allylic oxidation sites excluding steroid dienone is 2. The first-order valence-corrected chi connectivity index (χ1v) is 11.5. The SMILES string of the molecule is CC1=CC(Cl)(S(=O)(=O)O)C(N)C=C1.O=S(=O)(Oc1ccccc1)c1ccccc1. The molecule has 0 aromatic heterocycles. The van der Waals surface area contributed by atoms with E-state index in [1.807, 2.05) is 0 Å². The highest BCUT2D eigenvalue weighted by atomic mass is 35.5. The monoisotopic (exact) mass is 457 g/mol. The number of halogens is 1. The number of nitrogens with two attached hydrogens (primary N) is 1. The summed E-state index contributed by atoms with van der Waals surface area (Å²) >= 11 is 5.71. The molecular formula is C19H20ClNO6S2. The molecule has 10 heteroatoms. The maximum Gasteiger partial charge on any atom is 0.339 e. The number of rotatable bonds is 4. The van der Waals surface area contributed by atoms with Gasteiger partial charge in [0.25, 0.3) is 10.1 Å². The van der Waals surface area contributed by atoms with E-state index in [9.17, 15) is 16.8 Å². The summed E-state index contributed by atoms with van der Waals surface area (Å²) in [5, 5.41) is 0. The van der Waals surface area contributed by atoms with Crippen molar-refractivity contribution in [3.63, 3.8) is 0 Å². The van der Waals surface area contributed by atoms with Crippen LogP contribution in [-0.2, 0) is 20.2 Å². The van der Waals surface area contributed by atoms with Gasteiger partial charge in [0.15, 0.2) is 0 Å². The molecule has 156 valence electrons. The fourth-order valence-electron chi connectivity index (χ4n) is 2.33. The van der Waals surface area contributed by atoms with Crippen molar-refractivity contribution in [2.45, 2.75) is 22.1 Å². The van der Waals surface area contributed by atoms with Crippen molar-refractivity contribution in [2.75, 3.05) is 0 Å². The Hall–Kier alpha value is -2.17. The summed E-state index contributed by atoms with van der Waals surface area (Å²) in [6, 6.07) is 15.5. The topological polar surface area (TPSA) is 124 Å². The van der Waals surface area contributed by atoms with Crippen LogP contribution in [0.5, 0.6) is 5.75 Å². The molecule has 0 bridgehead atoms. The smallest absolute Gasteiger partial charge is 0.339 e. The molecule has 0 saturated heterocycles. The van der Waals surface area contributed by atoms with Crippen LogP contribution in [0.15, 0.2) is 89.4 Å². The lowest BCUT2D eigenvalue weighted by Gasteiger charge is -2.27. The zero-order valence-corrected chi connectivity index (χ0v) is 17.7. The van der Waals surface area contributed by atoms with Crippen LogP contribution in [0, 0.1) is 0 Å². The second-order valence-corrected chi connectivity index (χ2v) is 10.1. The summed E-state index contributed by atoms with van der Waals surface area (Å²) in [7, 11) is -8.11. The summed E-state index contributed by atoms with van der Waals surface area (Å²) < 4.78 is 57.3.